The van der Waals surface area contributed by atoms with E-state index in [1.807, 2.05) is 0 Å². The summed E-state index contributed by atoms with van der Waals surface area (Å²) in [6.45, 7) is 7.61. The third-order valence-corrected chi connectivity index (χ3v) is 4.72. The zero-order valence-electron chi connectivity index (χ0n) is 13.7. The highest BCUT2D eigenvalue weighted by atomic mass is 16.1. The molecule has 0 bridgehead atoms. The van der Waals surface area contributed by atoms with Gasteiger partial charge in [-0.15, -0.1) is 0 Å². The Hall–Kier alpha value is -2.19. The molecule has 0 radical (unpaired) electrons. The zero-order chi connectivity index (χ0) is 16.4. The molecular formula is C16H23N7O. The number of aromatic nitrogens is 4. The first-order chi connectivity index (χ1) is 11.8. The molecule has 2 aromatic heterocycles. The van der Waals surface area contributed by atoms with E-state index in [0.717, 1.165) is 70.2 Å². The molecule has 0 amide bonds. The number of rotatable bonds is 3. The lowest BCUT2D eigenvalue weighted by atomic mass is 10.2. The van der Waals surface area contributed by atoms with Crippen LogP contribution in [0.15, 0.2) is 23.1 Å². The molecule has 0 saturated carbocycles. The highest BCUT2D eigenvalue weighted by Gasteiger charge is 2.19. The van der Waals surface area contributed by atoms with E-state index in [2.05, 4.69) is 36.1 Å². The molecule has 2 aliphatic rings. The number of aromatic amines is 1. The van der Waals surface area contributed by atoms with Crippen LogP contribution >= 0.6 is 0 Å². The summed E-state index contributed by atoms with van der Waals surface area (Å²) < 4.78 is 2.15. The fourth-order valence-electron chi connectivity index (χ4n) is 3.43. The molecule has 4 heterocycles. The van der Waals surface area contributed by atoms with Crippen molar-refractivity contribution in [3.8, 4) is 0 Å². The van der Waals surface area contributed by atoms with Gasteiger partial charge in [0.25, 0.3) is 5.56 Å². The minimum absolute atomic E-state index is 0.150. The molecule has 1 fully saturated rings. The summed E-state index contributed by atoms with van der Waals surface area (Å²) in [6.07, 6.45) is 2.85. The number of aryl methyl sites for hydroxylation is 1. The molecule has 128 valence electrons. The van der Waals surface area contributed by atoms with Crippen LogP contribution in [0.2, 0.25) is 0 Å². The van der Waals surface area contributed by atoms with E-state index in [-0.39, 0.29) is 5.56 Å². The van der Waals surface area contributed by atoms with Crippen LogP contribution in [0, 0.1) is 0 Å². The number of hydrogen-bond donors (Lipinski definition) is 2. The summed E-state index contributed by atoms with van der Waals surface area (Å²) >= 11 is 0. The van der Waals surface area contributed by atoms with Crippen LogP contribution in [0.5, 0.6) is 0 Å². The van der Waals surface area contributed by atoms with Gasteiger partial charge in [0.05, 0.1) is 23.3 Å². The average molecular weight is 329 g/mol. The molecule has 4 rings (SSSR count). The number of nitrogens with zero attached hydrogens (tertiary/aromatic N) is 5. The topological polar surface area (TPSA) is 82.1 Å². The number of nitrogens with one attached hydrogen (secondary N) is 2. The smallest absolute Gasteiger partial charge is 0.266 e. The molecule has 2 N–H and O–H groups in total. The second-order valence-electron chi connectivity index (χ2n) is 6.45. The van der Waals surface area contributed by atoms with Gasteiger partial charge in [-0.1, -0.05) is 0 Å². The van der Waals surface area contributed by atoms with E-state index in [1.54, 1.807) is 12.3 Å². The quantitative estimate of drug-likeness (QED) is 0.810. The van der Waals surface area contributed by atoms with E-state index in [1.165, 1.54) is 5.69 Å². The lowest BCUT2D eigenvalue weighted by molar-refractivity contribution is 0.246. The fraction of sp³-hybridized carbons (Fsp3) is 0.562. The minimum atomic E-state index is -0.150. The molecule has 0 aliphatic carbocycles. The highest BCUT2D eigenvalue weighted by Crippen LogP contribution is 2.15. The van der Waals surface area contributed by atoms with E-state index >= 15 is 0 Å². The first-order valence-corrected chi connectivity index (χ1v) is 8.56. The van der Waals surface area contributed by atoms with Gasteiger partial charge in [0.1, 0.15) is 0 Å². The molecule has 8 heteroatoms. The maximum atomic E-state index is 11.4. The summed E-state index contributed by atoms with van der Waals surface area (Å²) in [6, 6.07) is 3.84. The van der Waals surface area contributed by atoms with Crippen molar-refractivity contribution in [3.63, 3.8) is 0 Å². The Morgan fingerprint density at radius 2 is 2.00 bits per heavy atom. The maximum absolute atomic E-state index is 11.4. The Morgan fingerprint density at radius 1 is 1.12 bits per heavy atom. The van der Waals surface area contributed by atoms with Crippen molar-refractivity contribution in [2.24, 2.45) is 0 Å². The van der Waals surface area contributed by atoms with Gasteiger partial charge in [-0.3, -0.25) is 14.4 Å². The van der Waals surface area contributed by atoms with Gasteiger partial charge in [-0.2, -0.15) is 10.2 Å². The van der Waals surface area contributed by atoms with Crippen molar-refractivity contribution in [2.45, 2.75) is 26.1 Å². The van der Waals surface area contributed by atoms with Gasteiger partial charge in [0.2, 0.25) is 0 Å². The SMILES string of the molecule is O=c1cc(N2CCN(Cc3cc4n(n3)CCCNC4)CC2)cn[nH]1. The van der Waals surface area contributed by atoms with Crippen LogP contribution in [0.4, 0.5) is 5.69 Å². The van der Waals surface area contributed by atoms with Gasteiger partial charge in [-0.05, 0) is 19.0 Å². The number of anilines is 1. The van der Waals surface area contributed by atoms with Crippen LogP contribution in [-0.4, -0.2) is 57.6 Å². The molecule has 24 heavy (non-hydrogen) atoms. The Bertz CT molecular complexity index is 721. The normalized spacial score (nSPS) is 19.1. The summed E-state index contributed by atoms with van der Waals surface area (Å²) in [5.41, 5.74) is 3.19. The number of hydrogen-bond acceptors (Lipinski definition) is 6. The summed E-state index contributed by atoms with van der Waals surface area (Å²) in [5.74, 6) is 0. The second kappa shape index (κ2) is 6.74. The van der Waals surface area contributed by atoms with Crippen molar-refractivity contribution < 1.29 is 0 Å². The Balaban J connectivity index is 1.36. The van der Waals surface area contributed by atoms with Crippen LogP contribution < -0.4 is 15.8 Å². The molecule has 2 aromatic rings. The number of fused-ring (bicyclic) bond motifs is 1. The first-order valence-electron chi connectivity index (χ1n) is 8.56. The first kappa shape index (κ1) is 15.3. The minimum Gasteiger partial charge on any atom is -0.368 e. The molecule has 2 aliphatic heterocycles. The summed E-state index contributed by atoms with van der Waals surface area (Å²) in [4.78, 5) is 16.0. The second-order valence-corrected chi connectivity index (χ2v) is 6.45. The molecular weight excluding hydrogens is 306 g/mol. The van der Waals surface area contributed by atoms with E-state index in [4.69, 9.17) is 5.10 Å². The van der Waals surface area contributed by atoms with Crippen molar-refractivity contribution in [3.05, 3.63) is 40.1 Å². The van der Waals surface area contributed by atoms with Crippen LogP contribution in [0.25, 0.3) is 0 Å². The van der Waals surface area contributed by atoms with Crippen molar-refractivity contribution in [1.29, 1.82) is 0 Å². The predicted octanol–water partition coefficient (Wildman–Crippen LogP) is -0.218. The summed E-state index contributed by atoms with van der Waals surface area (Å²) in [5, 5.41) is 14.5. The fourth-order valence-corrected chi connectivity index (χ4v) is 3.43. The van der Waals surface area contributed by atoms with E-state index in [9.17, 15) is 4.79 Å². The average Bonchev–Trinajstić information content (AvgIpc) is 2.84. The van der Waals surface area contributed by atoms with Crippen molar-refractivity contribution in [2.75, 3.05) is 37.6 Å². The standard InChI is InChI=1S/C16H23N7O/c24-16-9-14(11-18-19-16)22-6-4-21(5-7-22)12-13-8-15-10-17-2-1-3-23(15)20-13/h8-9,11,17H,1-7,10,12H2,(H,19,24). The van der Waals surface area contributed by atoms with E-state index in [0.29, 0.717) is 0 Å². The molecule has 0 aromatic carbocycles. The molecule has 0 atom stereocenters. The van der Waals surface area contributed by atoms with Crippen LogP contribution in [0.1, 0.15) is 17.8 Å². The largest absolute Gasteiger partial charge is 0.368 e. The lowest BCUT2D eigenvalue weighted by Crippen LogP contribution is -2.46. The molecule has 0 unspecified atom stereocenters. The van der Waals surface area contributed by atoms with Gasteiger partial charge < -0.3 is 10.2 Å². The lowest BCUT2D eigenvalue weighted by Gasteiger charge is -2.35. The number of piperazine rings is 1. The van der Waals surface area contributed by atoms with Gasteiger partial charge in [0, 0.05) is 51.9 Å². The van der Waals surface area contributed by atoms with Crippen molar-refractivity contribution >= 4 is 5.69 Å². The monoisotopic (exact) mass is 329 g/mol. The van der Waals surface area contributed by atoms with E-state index < -0.39 is 0 Å². The van der Waals surface area contributed by atoms with Gasteiger partial charge in [-0.25, -0.2) is 5.10 Å². The van der Waals surface area contributed by atoms with Crippen LogP contribution in [0.3, 0.4) is 0 Å². The zero-order valence-corrected chi connectivity index (χ0v) is 13.7. The molecule has 0 spiro atoms. The molecule has 8 nitrogen and oxygen atoms in total. The third-order valence-electron chi connectivity index (χ3n) is 4.72. The highest BCUT2D eigenvalue weighted by molar-refractivity contribution is 5.43. The summed E-state index contributed by atoms with van der Waals surface area (Å²) in [7, 11) is 0. The van der Waals surface area contributed by atoms with Gasteiger partial charge >= 0.3 is 0 Å². The Kier molecular flexibility index (Phi) is 4.31. The molecule has 1 saturated heterocycles. The van der Waals surface area contributed by atoms with Crippen molar-refractivity contribution in [1.82, 2.24) is 30.2 Å². The maximum Gasteiger partial charge on any atom is 0.266 e. The van der Waals surface area contributed by atoms with Crippen LogP contribution in [-0.2, 0) is 19.6 Å². The third kappa shape index (κ3) is 3.34. The Labute approximate surface area is 140 Å². The van der Waals surface area contributed by atoms with Gasteiger partial charge in [0.15, 0.2) is 0 Å². The number of H-pyrrole nitrogens is 1. The Morgan fingerprint density at radius 3 is 2.83 bits per heavy atom. The predicted molar refractivity (Wildman–Crippen MR) is 90.9 cm³/mol.